The molecule has 4 aliphatic rings. The average Bonchev–Trinajstić information content (AvgIpc) is 3.00. The lowest BCUT2D eigenvalue weighted by Gasteiger charge is -2.57. The average molecular weight is 388 g/mol. The molecule has 0 bridgehead atoms. The van der Waals surface area contributed by atoms with E-state index in [9.17, 15) is 4.39 Å². The van der Waals surface area contributed by atoms with E-state index in [2.05, 4.69) is 9.21 Å². The van der Waals surface area contributed by atoms with Crippen molar-refractivity contribution >= 4 is 11.9 Å². The molecule has 4 nitrogen and oxygen atoms in total. The number of halogens is 1. The van der Waals surface area contributed by atoms with Crippen molar-refractivity contribution in [2.45, 2.75) is 43.0 Å². The van der Waals surface area contributed by atoms with E-state index < -0.39 is 0 Å². The molecule has 1 aliphatic carbocycles. The Morgan fingerprint density at radius 1 is 1.15 bits per heavy atom. The van der Waals surface area contributed by atoms with Crippen molar-refractivity contribution in [2.24, 2.45) is 10.8 Å². The highest BCUT2D eigenvalue weighted by Gasteiger charge is 2.53. The van der Waals surface area contributed by atoms with E-state index >= 15 is 0 Å². The summed E-state index contributed by atoms with van der Waals surface area (Å²) in [5.74, 6) is -0.377. The molecular formula is C21H26FN3OS. The summed E-state index contributed by atoms with van der Waals surface area (Å²) in [6.07, 6.45) is 6.43. The van der Waals surface area contributed by atoms with Gasteiger partial charge in [-0.2, -0.15) is 5.26 Å². The summed E-state index contributed by atoms with van der Waals surface area (Å²) in [6.45, 7) is 6.43. The van der Waals surface area contributed by atoms with Gasteiger partial charge in [0, 0.05) is 37.6 Å². The van der Waals surface area contributed by atoms with E-state index in [0.29, 0.717) is 15.7 Å². The standard InChI is InChI=1S/C21H26FN3OS/c22-19-16(11-23)2-1-3-18(19)27-25-8-6-20(7-9-25)5-4-17(10-20)24-12-21(13-24)14-26-15-21/h1-3,17H,4-10,12-15H2. The predicted octanol–water partition coefficient (Wildman–Crippen LogP) is 3.67. The second kappa shape index (κ2) is 6.73. The molecule has 1 atom stereocenters. The number of rotatable bonds is 3. The van der Waals surface area contributed by atoms with Crippen molar-refractivity contribution in [1.82, 2.24) is 9.21 Å². The molecule has 0 amide bonds. The van der Waals surface area contributed by atoms with Gasteiger partial charge in [-0.3, -0.25) is 4.90 Å². The van der Waals surface area contributed by atoms with Crippen LogP contribution in [0.4, 0.5) is 4.39 Å². The summed E-state index contributed by atoms with van der Waals surface area (Å²) < 4.78 is 22.0. The van der Waals surface area contributed by atoms with Crippen molar-refractivity contribution in [3.05, 3.63) is 29.6 Å². The van der Waals surface area contributed by atoms with Gasteiger partial charge in [-0.25, -0.2) is 8.70 Å². The molecule has 144 valence electrons. The summed E-state index contributed by atoms with van der Waals surface area (Å²) in [7, 11) is 0. The van der Waals surface area contributed by atoms with Crippen LogP contribution in [0.15, 0.2) is 23.1 Å². The fraction of sp³-hybridized carbons (Fsp3) is 0.667. The molecule has 3 saturated heterocycles. The quantitative estimate of drug-likeness (QED) is 0.740. The summed E-state index contributed by atoms with van der Waals surface area (Å²) in [4.78, 5) is 3.27. The maximum absolute atomic E-state index is 14.3. The Hall–Kier alpha value is -1.13. The first-order valence-electron chi connectivity index (χ1n) is 10.0. The van der Waals surface area contributed by atoms with Crippen molar-refractivity contribution < 1.29 is 9.13 Å². The molecule has 0 N–H and O–H groups in total. The molecular weight excluding hydrogens is 361 g/mol. The van der Waals surface area contributed by atoms with Crippen molar-refractivity contribution in [3.63, 3.8) is 0 Å². The number of hydrogen-bond acceptors (Lipinski definition) is 5. The van der Waals surface area contributed by atoms with Crippen LogP contribution in [-0.4, -0.2) is 54.6 Å². The Bertz CT molecular complexity index is 759. The lowest BCUT2D eigenvalue weighted by atomic mass is 9.75. The van der Waals surface area contributed by atoms with Gasteiger partial charge >= 0.3 is 0 Å². The molecule has 1 aromatic carbocycles. The third-order valence-corrected chi connectivity index (χ3v) is 8.32. The first-order valence-corrected chi connectivity index (χ1v) is 10.8. The first-order chi connectivity index (χ1) is 13.1. The SMILES string of the molecule is N#Cc1cccc(SN2CCC3(CCC(N4CC5(COC5)C4)C3)CC2)c1F. The molecule has 0 aromatic heterocycles. The lowest BCUT2D eigenvalue weighted by Crippen LogP contribution is -2.67. The largest absolute Gasteiger partial charge is 0.380 e. The summed E-state index contributed by atoms with van der Waals surface area (Å²) >= 11 is 1.48. The maximum Gasteiger partial charge on any atom is 0.155 e. The van der Waals surface area contributed by atoms with Gasteiger partial charge in [-0.15, -0.1) is 0 Å². The Morgan fingerprint density at radius 2 is 1.93 bits per heavy atom. The zero-order chi connectivity index (χ0) is 18.5. The smallest absolute Gasteiger partial charge is 0.155 e. The van der Waals surface area contributed by atoms with Gasteiger partial charge in [-0.1, -0.05) is 6.07 Å². The maximum atomic E-state index is 14.3. The Morgan fingerprint density at radius 3 is 2.59 bits per heavy atom. The van der Waals surface area contributed by atoms with Crippen molar-refractivity contribution in [3.8, 4) is 6.07 Å². The van der Waals surface area contributed by atoms with E-state index in [1.165, 1.54) is 57.1 Å². The molecule has 2 spiro atoms. The minimum Gasteiger partial charge on any atom is -0.380 e. The number of ether oxygens (including phenoxy) is 1. The third-order valence-electron chi connectivity index (χ3n) is 7.18. The molecule has 1 unspecified atom stereocenters. The van der Waals surface area contributed by atoms with Crippen LogP contribution < -0.4 is 0 Å². The zero-order valence-electron chi connectivity index (χ0n) is 15.6. The van der Waals surface area contributed by atoms with E-state index in [1.54, 1.807) is 18.2 Å². The van der Waals surface area contributed by atoms with Gasteiger partial charge in [-0.05, 0) is 61.6 Å². The number of piperidine rings is 1. The zero-order valence-corrected chi connectivity index (χ0v) is 16.4. The fourth-order valence-corrected chi connectivity index (χ4v) is 6.42. The molecule has 3 aliphatic heterocycles. The minimum atomic E-state index is -0.377. The van der Waals surface area contributed by atoms with Crippen LogP contribution in [0.5, 0.6) is 0 Å². The molecule has 1 saturated carbocycles. The van der Waals surface area contributed by atoms with E-state index in [1.807, 2.05) is 6.07 Å². The highest BCUT2D eigenvalue weighted by Crippen LogP contribution is 2.51. The number of benzene rings is 1. The normalized spacial score (nSPS) is 29.4. The van der Waals surface area contributed by atoms with Crippen molar-refractivity contribution in [2.75, 3.05) is 39.4 Å². The third kappa shape index (κ3) is 3.19. The molecule has 4 fully saturated rings. The van der Waals surface area contributed by atoms with Crippen LogP contribution in [0.3, 0.4) is 0 Å². The number of nitriles is 1. The van der Waals surface area contributed by atoms with E-state index in [0.717, 1.165) is 32.3 Å². The molecule has 27 heavy (non-hydrogen) atoms. The lowest BCUT2D eigenvalue weighted by molar-refractivity contribution is -0.198. The summed E-state index contributed by atoms with van der Waals surface area (Å²) in [5.41, 5.74) is 1.14. The van der Waals surface area contributed by atoms with Crippen molar-refractivity contribution in [1.29, 1.82) is 5.26 Å². The fourth-order valence-electron chi connectivity index (χ4n) is 5.45. The number of hydrogen-bond donors (Lipinski definition) is 0. The number of nitrogens with zero attached hydrogens (tertiary/aromatic N) is 3. The minimum absolute atomic E-state index is 0.135. The Balaban J connectivity index is 1.15. The van der Waals surface area contributed by atoms with Crippen LogP contribution >= 0.6 is 11.9 Å². The van der Waals surface area contributed by atoms with Crippen LogP contribution in [-0.2, 0) is 4.74 Å². The van der Waals surface area contributed by atoms with Gasteiger partial charge in [0.15, 0.2) is 5.82 Å². The van der Waals surface area contributed by atoms with Crippen LogP contribution in [0, 0.1) is 28.0 Å². The van der Waals surface area contributed by atoms with Gasteiger partial charge in [0.25, 0.3) is 0 Å². The highest BCUT2D eigenvalue weighted by atomic mass is 32.2. The molecule has 0 radical (unpaired) electrons. The monoisotopic (exact) mass is 387 g/mol. The summed E-state index contributed by atoms with van der Waals surface area (Å²) in [5, 5.41) is 9.01. The van der Waals surface area contributed by atoms with Gasteiger partial charge < -0.3 is 4.74 Å². The highest BCUT2D eigenvalue weighted by molar-refractivity contribution is 7.97. The topological polar surface area (TPSA) is 39.5 Å². The van der Waals surface area contributed by atoms with E-state index in [-0.39, 0.29) is 11.4 Å². The Kier molecular flexibility index (Phi) is 4.47. The van der Waals surface area contributed by atoms with Gasteiger partial charge in [0.2, 0.25) is 0 Å². The molecule has 3 heterocycles. The molecule has 5 rings (SSSR count). The van der Waals surface area contributed by atoms with E-state index in [4.69, 9.17) is 10.00 Å². The second-order valence-corrected chi connectivity index (χ2v) is 10.2. The second-order valence-electron chi connectivity index (χ2n) is 9.04. The first kappa shape index (κ1) is 17.9. The molecule has 6 heteroatoms. The van der Waals surface area contributed by atoms with Crippen LogP contribution in [0.2, 0.25) is 0 Å². The Labute approximate surface area is 164 Å². The summed E-state index contributed by atoms with van der Waals surface area (Å²) in [6, 6.07) is 7.78. The van der Waals surface area contributed by atoms with Crippen LogP contribution in [0.1, 0.15) is 37.7 Å². The van der Waals surface area contributed by atoms with Crippen LogP contribution in [0.25, 0.3) is 0 Å². The number of likely N-dealkylation sites (tertiary alicyclic amines) is 1. The van der Waals surface area contributed by atoms with Gasteiger partial charge in [0.1, 0.15) is 6.07 Å². The van der Waals surface area contributed by atoms with Gasteiger partial charge in [0.05, 0.1) is 23.7 Å². The predicted molar refractivity (Wildman–Crippen MR) is 103 cm³/mol. The molecule has 1 aromatic rings.